The Bertz CT molecular complexity index is 1150. The number of phenolic OH excluding ortho intramolecular Hbond substituents is 1. The van der Waals surface area contributed by atoms with Gasteiger partial charge in [0.15, 0.2) is 0 Å². The van der Waals surface area contributed by atoms with E-state index in [1.165, 1.54) is 11.1 Å². The van der Waals surface area contributed by atoms with E-state index < -0.39 is 5.97 Å². The van der Waals surface area contributed by atoms with Crippen LogP contribution in [0.1, 0.15) is 123 Å². The lowest BCUT2D eigenvalue weighted by atomic mass is 9.76. The van der Waals surface area contributed by atoms with Gasteiger partial charge >= 0.3 is 5.97 Å². The van der Waals surface area contributed by atoms with Gasteiger partial charge in [-0.1, -0.05) is 114 Å². The summed E-state index contributed by atoms with van der Waals surface area (Å²) in [5.41, 5.74) is 5.66. The second kappa shape index (κ2) is 9.72. The van der Waals surface area contributed by atoms with Crippen molar-refractivity contribution in [1.82, 2.24) is 0 Å². The molecule has 0 radical (unpaired) electrons. The lowest BCUT2D eigenvalue weighted by molar-refractivity contribution is -0.130. The van der Waals surface area contributed by atoms with E-state index in [-0.39, 0.29) is 21.7 Å². The summed E-state index contributed by atoms with van der Waals surface area (Å²) in [4.78, 5) is 12.7. The first kappa shape index (κ1) is 29.7. The molecule has 3 heteroatoms. The largest absolute Gasteiger partial charge is 0.507 e. The number of aromatic hydroxyl groups is 1. The lowest BCUT2D eigenvalue weighted by Gasteiger charge is -2.30. The Labute approximate surface area is 220 Å². The zero-order chi connectivity index (χ0) is 28.0. The minimum atomic E-state index is -0.437. The molecule has 0 heterocycles. The predicted octanol–water partition coefficient (Wildman–Crippen LogP) is 8.65. The molecule has 0 amide bonds. The molecule has 3 nitrogen and oxygen atoms in total. The highest BCUT2D eigenvalue weighted by Crippen LogP contribution is 2.43. The Kier molecular flexibility index (Phi) is 8.02. The second-order valence-electron chi connectivity index (χ2n) is 14.4. The van der Waals surface area contributed by atoms with Crippen LogP contribution in [0.25, 0.3) is 0 Å². The quantitative estimate of drug-likeness (QED) is 0.264. The predicted molar refractivity (Wildman–Crippen MR) is 153 cm³/mol. The summed E-state index contributed by atoms with van der Waals surface area (Å²) in [7, 11) is 0. The van der Waals surface area contributed by atoms with Crippen LogP contribution < -0.4 is 4.74 Å². The molecule has 36 heavy (non-hydrogen) atoms. The molecule has 0 fully saturated rings. The Morgan fingerprint density at radius 2 is 1.14 bits per heavy atom. The van der Waals surface area contributed by atoms with Crippen molar-refractivity contribution < 1.29 is 14.6 Å². The standard InChI is InChI=1S/C33H48O3/c1-20(2)29(35)36-28-22(17-24(31(6,7)8)19-26(28)33(12,13)14)15-21-16-23(30(3,4)5)18-25(27(21)34)32(9,10)11/h16-19,34H,1,15H2,2-14H3. The first-order valence-electron chi connectivity index (χ1n) is 13.0. The van der Waals surface area contributed by atoms with Crippen LogP contribution in [0.2, 0.25) is 0 Å². The molecule has 198 valence electrons. The summed E-state index contributed by atoms with van der Waals surface area (Å²) >= 11 is 0. The van der Waals surface area contributed by atoms with Gasteiger partial charge in [0.2, 0.25) is 0 Å². The van der Waals surface area contributed by atoms with E-state index in [0.717, 1.165) is 22.3 Å². The number of phenols is 1. The van der Waals surface area contributed by atoms with Crippen molar-refractivity contribution in [2.45, 2.75) is 118 Å². The van der Waals surface area contributed by atoms with E-state index in [4.69, 9.17) is 4.74 Å². The van der Waals surface area contributed by atoms with Crippen molar-refractivity contribution in [3.05, 3.63) is 69.8 Å². The van der Waals surface area contributed by atoms with E-state index in [1.54, 1.807) is 6.92 Å². The normalized spacial score (nSPS) is 13.0. The highest BCUT2D eigenvalue weighted by atomic mass is 16.5. The van der Waals surface area contributed by atoms with Gasteiger partial charge in [0.25, 0.3) is 0 Å². The molecule has 0 aliphatic carbocycles. The van der Waals surface area contributed by atoms with Gasteiger partial charge in [0, 0.05) is 23.1 Å². The van der Waals surface area contributed by atoms with Gasteiger partial charge in [-0.05, 0) is 50.8 Å². The number of ether oxygens (including phenoxy) is 1. The summed E-state index contributed by atoms with van der Waals surface area (Å²) < 4.78 is 6.02. The van der Waals surface area contributed by atoms with Gasteiger partial charge in [-0.2, -0.15) is 0 Å². The molecule has 0 aliphatic heterocycles. The van der Waals surface area contributed by atoms with Crippen molar-refractivity contribution in [3.63, 3.8) is 0 Å². The van der Waals surface area contributed by atoms with Crippen LogP contribution in [-0.2, 0) is 32.9 Å². The molecule has 0 aliphatic rings. The zero-order valence-corrected chi connectivity index (χ0v) is 25.0. The van der Waals surface area contributed by atoms with E-state index in [0.29, 0.717) is 23.5 Å². The molecule has 0 spiro atoms. The van der Waals surface area contributed by atoms with Gasteiger partial charge in [-0.15, -0.1) is 0 Å². The Hall–Kier alpha value is -2.55. The average molecular weight is 493 g/mol. The van der Waals surface area contributed by atoms with Crippen molar-refractivity contribution in [3.8, 4) is 11.5 Å². The maximum Gasteiger partial charge on any atom is 0.338 e. The van der Waals surface area contributed by atoms with E-state index in [9.17, 15) is 9.90 Å². The summed E-state index contributed by atoms with van der Waals surface area (Å²) in [5.74, 6) is 0.445. The van der Waals surface area contributed by atoms with Gasteiger partial charge < -0.3 is 9.84 Å². The monoisotopic (exact) mass is 492 g/mol. The third kappa shape index (κ3) is 6.81. The number of carbonyl (C=O) groups is 1. The third-order valence-corrected chi connectivity index (χ3v) is 6.63. The van der Waals surface area contributed by atoms with Crippen LogP contribution in [0.15, 0.2) is 36.4 Å². The number of hydrogen-bond donors (Lipinski definition) is 1. The average Bonchev–Trinajstić information content (AvgIpc) is 2.66. The number of rotatable bonds is 4. The molecule has 1 N–H and O–H groups in total. The van der Waals surface area contributed by atoms with Crippen LogP contribution in [0.3, 0.4) is 0 Å². The van der Waals surface area contributed by atoms with Crippen molar-refractivity contribution in [2.24, 2.45) is 0 Å². The first-order valence-corrected chi connectivity index (χ1v) is 13.0. The fourth-order valence-electron chi connectivity index (χ4n) is 4.15. The molecular formula is C33H48O3. The second-order valence-corrected chi connectivity index (χ2v) is 14.4. The van der Waals surface area contributed by atoms with Gasteiger partial charge in [0.1, 0.15) is 11.5 Å². The smallest absolute Gasteiger partial charge is 0.338 e. The van der Waals surface area contributed by atoms with Gasteiger partial charge in [-0.3, -0.25) is 0 Å². The van der Waals surface area contributed by atoms with Crippen LogP contribution in [-0.4, -0.2) is 11.1 Å². The van der Waals surface area contributed by atoms with Gasteiger partial charge in [0.05, 0.1) is 0 Å². The Balaban J connectivity index is 2.93. The first-order chi connectivity index (χ1) is 16.0. The number of esters is 1. The summed E-state index contributed by atoms with van der Waals surface area (Å²) in [5, 5.41) is 11.5. The summed E-state index contributed by atoms with van der Waals surface area (Å²) in [6.45, 7) is 31.3. The van der Waals surface area contributed by atoms with E-state index in [2.05, 4.69) is 114 Å². The Morgan fingerprint density at radius 3 is 1.53 bits per heavy atom. The number of carbonyl (C=O) groups excluding carboxylic acids is 1. The summed E-state index contributed by atoms with van der Waals surface area (Å²) in [6, 6.07) is 8.54. The number of hydrogen-bond acceptors (Lipinski definition) is 3. The molecule has 0 saturated carbocycles. The molecule has 0 saturated heterocycles. The SMILES string of the molecule is C=C(C)C(=O)Oc1c(Cc2cc(C(C)(C)C)cc(C(C)(C)C)c2O)cc(C(C)(C)C)cc1C(C)(C)C. The molecule has 2 aromatic carbocycles. The van der Waals surface area contributed by atoms with Crippen LogP contribution >= 0.6 is 0 Å². The van der Waals surface area contributed by atoms with Crippen molar-refractivity contribution in [1.29, 1.82) is 0 Å². The minimum Gasteiger partial charge on any atom is -0.507 e. The lowest BCUT2D eigenvalue weighted by Crippen LogP contribution is -2.21. The van der Waals surface area contributed by atoms with E-state index >= 15 is 0 Å². The fraction of sp³-hybridized carbons (Fsp3) is 0.545. The van der Waals surface area contributed by atoms with Crippen LogP contribution in [0.5, 0.6) is 11.5 Å². The molecule has 2 aromatic rings. The maximum atomic E-state index is 12.7. The minimum absolute atomic E-state index is 0.0818. The third-order valence-electron chi connectivity index (χ3n) is 6.63. The molecule has 0 atom stereocenters. The molecule has 0 aromatic heterocycles. The van der Waals surface area contributed by atoms with Crippen LogP contribution in [0.4, 0.5) is 0 Å². The number of benzene rings is 2. The van der Waals surface area contributed by atoms with Gasteiger partial charge in [-0.25, -0.2) is 4.79 Å². The topological polar surface area (TPSA) is 46.5 Å². The molecule has 0 unspecified atom stereocenters. The summed E-state index contributed by atoms with van der Waals surface area (Å²) in [6.07, 6.45) is 0.449. The fourth-order valence-corrected chi connectivity index (χ4v) is 4.15. The molecule has 2 rings (SSSR count). The Morgan fingerprint density at radius 1 is 0.722 bits per heavy atom. The van der Waals surface area contributed by atoms with E-state index in [1.807, 2.05) is 0 Å². The maximum absolute atomic E-state index is 12.7. The highest BCUT2D eigenvalue weighted by molar-refractivity contribution is 5.89. The molecular weight excluding hydrogens is 444 g/mol. The highest BCUT2D eigenvalue weighted by Gasteiger charge is 2.30. The van der Waals surface area contributed by atoms with Crippen LogP contribution in [0, 0.1) is 0 Å². The zero-order valence-electron chi connectivity index (χ0n) is 25.0. The van der Waals surface area contributed by atoms with Crippen molar-refractivity contribution in [2.75, 3.05) is 0 Å². The van der Waals surface area contributed by atoms with Crippen molar-refractivity contribution >= 4 is 5.97 Å². The molecule has 0 bridgehead atoms.